The van der Waals surface area contributed by atoms with Crippen LogP contribution in [-0.2, 0) is 15.9 Å². The topological polar surface area (TPSA) is 18.5 Å². The summed E-state index contributed by atoms with van der Waals surface area (Å²) in [7, 11) is 0. The van der Waals surface area contributed by atoms with Crippen LogP contribution in [0.3, 0.4) is 0 Å². The van der Waals surface area contributed by atoms with Gasteiger partial charge in [-0.3, -0.25) is 0 Å². The van der Waals surface area contributed by atoms with E-state index in [0.717, 1.165) is 31.2 Å². The summed E-state index contributed by atoms with van der Waals surface area (Å²) in [5.74, 6) is -0.295. The molecule has 0 aromatic heterocycles. The predicted octanol–water partition coefficient (Wildman–Crippen LogP) is 7.30. The minimum Gasteiger partial charge on any atom is -0.350 e. The van der Waals surface area contributed by atoms with Crippen LogP contribution in [0, 0.1) is 11.7 Å². The fraction of sp³-hybridized carbons (Fsp3) is 0.750. The van der Waals surface area contributed by atoms with E-state index in [1.54, 1.807) is 12.1 Å². The van der Waals surface area contributed by atoms with Crippen LogP contribution in [0.1, 0.15) is 91.0 Å². The summed E-state index contributed by atoms with van der Waals surface area (Å²) in [6, 6.07) is 6.96. The summed E-state index contributed by atoms with van der Waals surface area (Å²) in [4.78, 5) is 0. The van der Waals surface area contributed by atoms with Gasteiger partial charge in [0.2, 0.25) is 0 Å². The van der Waals surface area contributed by atoms with E-state index >= 15 is 0 Å². The van der Waals surface area contributed by atoms with Crippen LogP contribution >= 0.6 is 0 Å². The molecule has 1 rings (SSSR count). The standard InChI is InChI=1S/C24H41FO2/c1-5-8-9-10-11-12-17-22(24(4,26-6-2)27-7-3)18-13-15-21-16-14-19-23(25)20-21/h14,16,19-20,22H,5-13,15,17-18H2,1-4H3. The largest absolute Gasteiger partial charge is 0.350 e. The lowest BCUT2D eigenvalue weighted by atomic mass is 9.87. The Bertz CT molecular complexity index is 483. The maximum atomic E-state index is 13.4. The average molecular weight is 381 g/mol. The van der Waals surface area contributed by atoms with Gasteiger partial charge in [0.05, 0.1) is 0 Å². The van der Waals surface area contributed by atoms with Crippen LogP contribution in [0.2, 0.25) is 0 Å². The minimum absolute atomic E-state index is 0.149. The molecule has 1 atom stereocenters. The molecule has 0 radical (unpaired) electrons. The Labute approximate surface area is 166 Å². The fourth-order valence-electron chi connectivity index (χ4n) is 3.94. The second kappa shape index (κ2) is 14.1. The molecule has 0 aliphatic rings. The zero-order valence-electron chi connectivity index (χ0n) is 18.1. The van der Waals surface area contributed by atoms with Crippen molar-refractivity contribution in [3.8, 4) is 0 Å². The molecule has 0 bridgehead atoms. The van der Waals surface area contributed by atoms with Crippen LogP contribution < -0.4 is 0 Å². The molecular weight excluding hydrogens is 339 g/mol. The molecule has 0 N–H and O–H groups in total. The Hall–Kier alpha value is -0.930. The van der Waals surface area contributed by atoms with E-state index in [1.807, 2.05) is 19.9 Å². The highest BCUT2D eigenvalue weighted by Gasteiger charge is 2.34. The van der Waals surface area contributed by atoms with Gasteiger partial charge in [-0.05, 0) is 64.2 Å². The first-order chi connectivity index (χ1) is 13.1. The molecule has 3 heteroatoms. The van der Waals surface area contributed by atoms with Gasteiger partial charge in [0.25, 0.3) is 0 Å². The molecule has 1 unspecified atom stereocenters. The Morgan fingerprint density at radius 1 is 0.889 bits per heavy atom. The van der Waals surface area contributed by atoms with Crippen LogP contribution in [0.25, 0.3) is 0 Å². The minimum atomic E-state index is -0.519. The van der Waals surface area contributed by atoms with Gasteiger partial charge in [0, 0.05) is 19.1 Å². The number of hydrogen-bond acceptors (Lipinski definition) is 2. The number of ether oxygens (including phenoxy) is 2. The first-order valence-corrected chi connectivity index (χ1v) is 11.1. The number of halogens is 1. The van der Waals surface area contributed by atoms with Crippen LogP contribution in [0.15, 0.2) is 24.3 Å². The molecule has 0 aliphatic carbocycles. The van der Waals surface area contributed by atoms with Gasteiger partial charge in [0.15, 0.2) is 5.79 Å². The first-order valence-electron chi connectivity index (χ1n) is 11.1. The highest BCUT2D eigenvalue weighted by atomic mass is 19.1. The summed E-state index contributed by atoms with van der Waals surface area (Å²) in [6.07, 6.45) is 11.9. The van der Waals surface area contributed by atoms with Gasteiger partial charge in [0.1, 0.15) is 5.82 Å². The van der Waals surface area contributed by atoms with E-state index in [1.165, 1.54) is 44.6 Å². The number of unbranched alkanes of at least 4 members (excludes halogenated alkanes) is 5. The van der Waals surface area contributed by atoms with Crippen molar-refractivity contribution in [1.29, 1.82) is 0 Å². The van der Waals surface area contributed by atoms with Crippen molar-refractivity contribution in [3.05, 3.63) is 35.6 Å². The van der Waals surface area contributed by atoms with Gasteiger partial charge < -0.3 is 9.47 Å². The zero-order chi connectivity index (χ0) is 20.0. The second-order valence-electron chi connectivity index (χ2n) is 7.66. The first kappa shape index (κ1) is 24.1. The highest BCUT2D eigenvalue weighted by molar-refractivity contribution is 5.16. The molecule has 0 saturated heterocycles. The van der Waals surface area contributed by atoms with Crippen LogP contribution in [-0.4, -0.2) is 19.0 Å². The normalized spacial score (nSPS) is 13.1. The molecule has 0 spiro atoms. The fourth-order valence-corrected chi connectivity index (χ4v) is 3.94. The summed E-state index contributed by atoms with van der Waals surface area (Å²) in [6.45, 7) is 9.74. The van der Waals surface area contributed by atoms with Crippen molar-refractivity contribution < 1.29 is 13.9 Å². The molecule has 1 aromatic rings. The summed E-state index contributed by atoms with van der Waals surface area (Å²) in [5, 5.41) is 0. The van der Waals surface area contributed by atoms with Crippen molar-refractivity contribution >= 4 is 0 Å². The van der Waals surface area contributed by atoms with E-state index in [0.29, 0.717) is 19.1 Å². The lowest BCUT2D eigenvalue weighted by Crippen LogP contribution is -2.41. The van der Waals surface area contributed by atoms with E-state index in [4.69, 9.17) is 9.47 Å². The number of rotatable bonds is 16. The number of aryl methyl sites for hydroxylation is 1. The van der Waals surface area contributed by atoms with E-state index in [2.05, 4.69) is 13.8 Å². The highest BCUT2D eigenvalue weighted by Crippen LogP contribution is 2.33. The molecule has 156 valence electrons. The maximum Gasteiger partial charge on any atom is 0.168 e. The van der Waals surface area contributed by atoms with E-state index in [-0.39, 0.29) is 5.82 Å². The Balaban J connectivity index is 2.59. The molecule has 0 fully saturated rings. The molecule has 0 saturated carbocycles. The van der Waals surface area contributed by atoms with Gasteiger partial charge in [-0.1, -0.05) is 57.6 Å². The van der Waals surface area contributed by atoms with Crippen molar-refractivity contribution in [2.45, 2.75) is 97.7 Å². The molecule has 0 aliphatic heterocycles. The Morgan fingerprint density at radius 2 is 1.52 bits per heavy atom. The summed E-state index contributed by atoms with van der Waals surface area (Å²) in [5.41, 5.74) is 1.07. The quantitative estimate of drug-likeness (QED) is 0.221. The summed E-state index contributed by atoms with van der Waals surface area (Å²) < 4.78 is 25.5. The molecule has 1 aromatic carbocycles. The third kappa shape index (κ3) is 9.71. The SMILES string of the molecule is CCCCCCCCC(CCCc1cccc(F)c1)C(C)(OCC)OCC. The maximum absolute atomic E-state index is 13.4. The lowest BCUT2D eigenvalue weighted by Gasteiger charge is -2.37. The van der Waals surface area contributed by atoms with Gasteiger partial charge in [-0.25, -0.2) is 4.39 Å². The van der Waals surface area contributed by atoms with E-state index in [9.17, 15) is 4.39 Å². The van der Waals surface area contributed by atoms with Gasteiger partial charge in [-0.15, -0.1) is 0 Å². The smallest absolute Gasteiger partial charge is 0.168 e. The van der Waals surface area contributed by atoms with Crippen LogP contribution in [0.5, 0.6) is 0 Å². The molecular formula is C24H41FO2. The Kier molecular flexibility index (Phi) is 12.6. The predicted molar refractivity (Wildman–Crippen MR) is 112 cm³/mol. The Morgan fingerprint density at radius 3 is 2.15 bits per heavy atom. The zero-order valence-corrected chi connectivity index (χ0v) is 18.1. The van der Waals surface area contributed by atoms with Crippen molar-refractivity contribution in [2.75, 3.05) is 13.2 Å². The third-order valence-electron chi connectivity index (χ3n) is 5.42. The molecule has 0 heterocycles. The third-order valence-corrected chi connectivity index (χ3v) is 5.42. The molecule has 0 amide bonds. The second-order valence-corrected chi connectivity index (χ2v) is 7.66. The lowest BCUT2D eigenvalue weighted by molar-refractivity contribution is -0.254. The van der Waals surface area contributed by atoms with E-state index < -0.39 is 5.79 Å². The summed E-state index contributed by atoms with van der Waals surface area (Å²) >= 11 is 0. The monoisotopic (exact) mass is 380 g/mol. The average Bonchev–Trinajstić information content (AvgIpc) is 2.63. The van der Waals surface area contributed by atoms with Crippen molar-refractivity contribution in [2.24, 2.45) is 5.92 Å². The van der Waals surface area contributed by atoms with Crippen LogP contribution in [0.4, 0.5) is 4.39 Å². The van der Waals surface area contributed by atoms with Crippen molar-refractivity contribution in [1.82, 2.24) is 0 Å². The van der Waals surface area contributed by atoms with Gasteiger partial charge in [-0.2, -0.15) is 0 Å². The molecule has 27 heavy (non-hydrogen) atoms. The molecule has 2 nitrogen and oxygen atoms in total. The van der Waals surface area contributed by atoms with Gasteiger partial charge >= 0.3 is 0 Å². The van der Waals surface area contributed by atoms with Crippen molar-refractivity contribution in [3.63, 3.8) is 0 Å². The number of benzene rings is 1. The number of hydrogen-bond donors (Lipinski definition) is 0.